The van der Waals surface area contributed by atoms with Gasteiger partial charge in [-0.1, -0.05) is 53.8 Å². The number of ether oxygens (including phenoxy) is 2. The number of nitrogens with zero attached hydrogens (tertiary/aromatic N) is 1. The topological polar surface area (TPSA) is 67.9 Å². The zero-order chi connectivity index (χ0) is 24.9. The van der Waals surface area contributed by atoms with Gasteiger partial charge in [-0.05, 0) is 76.1 Å². The van der Waals surface area contributed by atoms with Gasteiger partial charge >= 0.3 is 0 Å². The van der Waals surface area contributed by atoms with Crippen LogP contribution >= 0.6 is 51.5 Å². The Morgan fingerprint density at radius 3 is 2.57 bits per heavy atom. The molecule has 1 N–H and O–H groups in total. The summed E-state index contributed by atoms with van der Waals surface area (Å²) in [5.41, 5.74) is 2.03. The molecule has 1 aliphatic heterocycles. The van der Waals surface area contributed by atoms with Crippen molar-refractivity contribution in [1.82, 2.24) is 0 Å². The molecule has 0 atom stereocenters. The highest BCUT2D eigenvalue weighted by Crippen LogP contribution is 2.40. The first-order valence-electron chi connectivity index (χ1n) is 10.2. The van der Waals surface area contributed by atoms with Gasteiger partial charge in [-0.25, -0.2) is 0 Å². The zero-order valence-electron chi connectivity index (χ0n) is 18.3. The van der Waals surface area contributed by atoms with E-state index in [1.807, 2.05) is 18.2 Å². The van der Waals surface area contributed by atoms with E-state index in [-0.39, 0.29) is 18.4 Å². The number of carbonyl (C=O) groups excluding carboxylic acids is 2. The summed E-state index contributed by atoms with van der Waals surface area (Å²) in [6, 6.07) is 19.5. The summed E-state index contributed by atoms with van der Waals surface area (Å²) < 4.78 is 12.2. The van der Waals surface area contributed by atoms with Crippen LogP contribution in [0.15, 0.2) is 76.1 Å². The molecule has 2 amide bonds. The number of benzene rings is 3. The molecular weight excluding hydrogens is 572 g/mol. The number of methoxy groups -OCH3 is 1. The zero-order valence-corrected chi connectivity index (χ0v) is 22.3. The minimum absolute atomic E-state index is 0.205. The first kappa shape index (κ1) is 25.2. The van der Waals surface area contributed by atoms with Crippen LogP contribution in [-0.4, -0.2) is 29.9 Å². The lowest BCUT2D eigenvalue weighted by atomic mass is 10.1. The molecule has 0 aliphatic carbocycles. The van der Waals surface area contributed by atoms with Gasteiger partial charge in [0.2, 0.25) is 0 Å². The smallest absolute Gasteiger partial charge is 0.270 e. The van der Waals surface area contributed by atoms with E-state index in [0.717, 1.165) is 0 Å². The molecule has 0 radical (unpaired) electrons. The minimum atomic E-state index is -0.305. The van der Waals surface area contributed by atoms with Gasteiger partial charge < -0.3 is 14.8 Å². The Hall–Kier alpha value is -2.85. The van der Waals surface area contributed by atoms with Crippen molar-refractivity contribution in [3.05, 3.63) is 86.7 Å². The van der Waals surface area contributed by atoms with Crippen LogP contribution in [-0.2, 0) is 9.59 Å². The van der Waals surface area contributed by atoms with Gasteiger partial charge in [0.25, 0.3) is 11.8 Å². The van der Waals surface area contributed by atoms with Crippen molar-refractivity contribution in [2.75, 3.05) is 23.9 Å². The number of halogens is 2. The Kier molecular flexibility index (Phi) is 8.12. The molecule has 0 unspecified atom stereocenters. The summed E-state index contributed by atoms with van der Waals surface area (Å²) >= 11 is 16.1. The molecule has 10 heteroatoms. The SMILES string of the molecule is COc1cc(/C=C2\SC(=S)N(c3ccc(Cl)cc3)C2=O)cc(Br)c1OCC(=O)Nc1ccccc1. The monoisotopic (exact) mass is 588 g/mol. The van der Waals surface area contributed by atoms with E-state index in [9.17, 15) is 9.59 Å². The molecule has 4 rings (SSSR count). The third kappa shape index (κ3) is 6.05. The van der Waals surface area contributed by atoms with Gasteiger partial charge in [0.15, 0.2) is 22.4 Å². The van der Waals surface area contributed by atoms with Gasteiger partial charge in [-0.2, -0.15) is 0 Å². The van der Waals surface area contributed by atoms with Crippen molar-refractivity contribution >= 4 is 85.1 Å². The Labute approximate surface area is 225 Å². The first-order chi connectivity index (χ1) is 16.9. The third-order valence-corrected chi connectivity index (χ3v) is 6.98. The van der Waals surface area contributed by atoms with Crippen molar-refractivity contribution in [3.8, 4) is 11.5 Å². The van der Waals surface area contributed by atoms with E-state index < -0.39 is 0 Å². The Balaban J connectivity index is 1.50. The van der Waals surface area contributed by atoms with Crippen molar-refractivity contribution < 1.29 is 19.1 Å². The quantitative estimate of drug-likeness (QED) is 0.250. The molecule has 1 saturated heterocycles. The lowest BCUT2D eigenvalue weighted by Gasteiger charge is -2.14. The molecule has 0 aromatic heterocycles. The van der Waals surface area contributed by atoms with E-state index in [2.05, 4.69) is 21.2 Å². The predicted molar refractivity (Wildman–Crippen MR) is 148 cm³/mol. The van der Waals surface area contributed by atoms with Crippen molar-refractivity contribution in [2.24, 2.45) is 0 Å². The summed E-state index contributed by atoms with van der Waals surface area (Å²) in [6.07, 6.45) is 1.73. The summed E-state index contributed by atoms with van der Waals surface area (Å²) in [6.45, 7) is -0.205. The molecule has 0 bridgehead atoms. The number of rotatable bonds is 7. The number of nitrogens with one attached hydrogen (secondary N) is 1. The second-order valence-electron chi connectivity index (χ2n) is 7.23. The molecule has 3 aromatic rings. The van der Waals surface area contributed by atoms with E-state index in [4.69, 9.17) is 33.3 Å². The second-order valence-corrected chi connectivity index (χ2v) is 10.2. The third-order valence-electron chi connectivity index (χ3n) is 4.83. The highest BCUT2D eigenvalue weighted by Gasteiger charge is 2.33. The Morgan fingerprint density at radius 2 is 1.89 bits per heavy atom. The molecular formula is C25H18BrClN2O4S2. The maximum absolute atomic E-state index is 13.0. The van der Waals surface area contributed by atoms with Crippen LogP contribution in [0, 0.1) is 0 Å². The lowest BCUT2D eigenvalue weighted by molar-refractivity contribution is -0.118. The maximum atomic E-state index is 13.0. The summed E-state index contributed by atoms with van der Waals surface area (Å²) in [4.78, 5) is 27.2. The second kappa shape index (κ2) is 11.3. The highest BCUT2D eigenvalue weighted by atomic mass is 79.9. The van der Waals surface area contributed by atoms with Gasteiger partial charge in [0.1, 0.15) is 0 Å². The number of amides is 2. The summed E-state index contributed by atoms with van der Waals surface area (Å²) in [7, 11) is 1.50. The Morgan fingerprint density at radius 1 is 1.17 bits per heavy atom. The molecule has 178 valence electrons. The highest BCUT2D eigenvalue weighted by molar-refractivity contribution is 9.10. The molecule has 1 heterocycles. The van der Waals surface area contributed by atoms with Crippen molar-refractivity contribution in [3.63, 3.8) is 0 Å². The molecule has 3 aromatic carbocycles. The van der Waals surface area contributed by atoms with Crippen molar-refractivity contribution in [2.45, 2.75) is 0 Å². The van der Waals surface area contributed by atoms with E-state index in [1.54, 1.807) is 54.6 Å². The summed E-state index contributed by atoms with van der Waals surface area (Å²) in [5, 5.41) is 3.34. The fourth-order valence-electron chi connectivity index (χ4n) is 3.25. The molecule has 1 aliphatic rings. The van der Waals surface area contributed by atoms with Crippen LogP contribution < -0.4 is 19.7 Å². The van der Waals surface area contributed by atoms with Crippen LogP contribution in [0.5, 0.6) is 11.5 Å². The van der Waals surface area contributed by atoms with Crippen LogP contribution in [0.4, 0.5) is 11.4 Å². The molecule has 35 heavy (non-hydrogen) atoms. The van der Waals surface area contributed by atoms with Crippen LogP contribution in [0.1, 0.15) is 5.56 Å². The van der Waals surface area contributed by atoms with Crippen molar-refractivity contribution in [1.29, 1.82) is 0 Å². The lowest BCUT2D eigenvalue weighted by Crippen LogP contribution is -2.27. The normalized spacial score (nSPS) is 14.4. The van der Waals surface area contributed by atoms with Crippen LogP contribution in [0.3, 0.4) is 0 Å². The van der Waals surface area contributed by atoms with Gasteiger partial charge in [-0.3, -0.25) is 14.5 Å². The largest absolute Gasteiger partial charge is 0.493 e. The fraction of sp³-hybridized carbons (Fsp3) is 0.0800. The van der Waals surface area contributed by atoms with E-state index in [0.29, 0.717) is 47.2 Å². The Bertz CT molecular complexity index is 1320. The minimum Gasteiger partial charge on any atom is -0.493 e. The number of anilines is 2. The number of para-hydroxylation sites is 1. The molecule has 6 nitrogen and oxygen atoms in total. The molecule has 1 fully saturated rings. The fourth-order valence-corrected chi connectivity index (χ4v) is 5.25. The number of carbonyl (C=O) groups is 2. The van der Waals surface area contributed by atoms with Gasteiger partial charge in [0.05, 0.1) is 22.2 Å². The number of thioether (sulfide) groups is 1. The maximum Gasteiger partial charge on any atom is 0.270 e. The van der Waals surface area contributed by atoms with E-state index in [1.165, 1.54) is 23.8 Å². The standard InChI is InChI=1S/C25H18BrClN2O4S2/c1-32-20-12-15(11-19(26)23(20)33-14-22(30)28-17-5-3-2-4-6-17)13-21-24(31)29(25(34)35-21)18-9-7-16(27)8-10-18/h2-13H,14H2,1H3,(H,28,30)/b21-13-. The average Bonchev–Trinajstić information content (AvgIpc) is 3.11. The van der Waals surface area contributed by atoms with Crippen LogP contribution in [0.25, 0.3) is 6.08 Å². The van der Waals surface area contributed by atoms with E-state index >= 15 is 0 Å². The number of hydrogen-bond donors (Lipinski definition) is 1. The number of thiocarbonyl (C=S) groups is 1. The van der Waals surface area contributed by atoms with Gasteiger partial charge in [0, 0.05) is 10.7 Å². The van der Waals surface area contributed by atoms with Crippen LogP contribution in [0.2, 0.25) is 5.02 Å². The predicted octanol–water partition coefficient (Wildman–Crippen LogP) is 6.53. The summed E-state index contributed by atoms with van der Waals surface area (Å²) in [5.74, 6) is 0.253. The molecule has 0 spiro atoms. The first-order valence-corrected chi connectivity index (χ1v) is 12.6. The molecule has 0 saturated carbocycles. The number of hydrogen-bond acceptors (Lipinski definition) is 6. The van der Waals surface area contributed by atoms with Gasteiger partial charge in [-0.15, -0.1) is 0 Å². The average molecular weight is 590 g/mol.